The van der Waals surface area contributed by atoms with Crippen molar-refractivity contribution in [1.82, 2.24) is 0 Å². The molecule has 0 unspecified atom stereocenters. The second-order valence-electron chi connectivity index (χ2n) is 6.71. The van der Waals surface area contributed by atoms with Crippen molar-refractivity contribution in [3.8, 4) is 11.5 Å². The van der Waals surface area contributed by atoms with Crippen molar-refractivity contribution in [2.45, 2.75) is 20.8 Å². The van der Waals surface area contributed by atoms with E-state index in [1.54, 1.807) is 0 Å². The Balaban J connectivity index is 1.60. The summed E-state index contributed by atoms with van der Waals surface area (Å²) in [6.45, 7) is 6.08. The SMILES string of the molecule is Cc1cccc(Oc2ccc(N=C3C(=O)Nc4c(C)cccc43)cc2)c1C. The topological polar surface area (TPSA) is 50.7 Å². The molecule has 1 heterocycles. The molecular weight excluding hydrogens is 336 g/mol. The number of rotatable bonds is 3. The van der Waals surface area contributed by atoms with E-state index in [0.29, 0.717) is 11.4 Å². The van der Waals surface area contributed by atoms with Gasteiger partial charge in [0.2, 0.25) is 0 Å². The summed E-state index contributed by atoms with van der Waals surface area (Å²) in [4.78, 5) is 16.8. The summed E-state index contributed by atoms with van der Waals surface area (Å²) in [5.41, 5.74) is 6.18. The van der Waals surface area contributed by atoms with Crippen LogP contribution in [0.15, 0.2) is 65.7 Å². The van der Waals surface area contributed by atoms with Gasteiger partial charge in [-0.2, -0.15) is 0 Å². The van der Waals surface area contributed by atoms with Gasteiger partial charge >= 0.3 is 0 Å². The third-order valence-corrected chi connectivity index (χ3v) is 4.84. The third-order valence-electron chi connectivity index (χ3n) is 4.84. The maximum atomic E-state index is 12.3. The van der Waals surface area contributed by atoms with Gasteiger partial charge in [0, 0.05) is 5.56 Å². The van der Waals surface area contributed by atoms with Crippen molar-refractivity contribution in [2.24, 2.45) is 4.99 Å². The minimum atomic E-state index is -0.171. The maximum Gasteiger partial charge on any atom is 0.275 e. The van der Waals surface area contributed by atoms with Crippen LogP contribution in [0.2, 0.25) is 0 Å². The van der Waals surface area contributed by atoms with E-state index in [0.717, 1.165) is 33.9 Å². The summed E-state index contributed by atoms with van der Waals surface area (Å²) in [5.74, 6) is 1.41. The van der Waals surface area contributed by atoms with Crippen molar-refractivity contribution in [3.05, 3.63) is 82.9 Å². The highest BCUT2D eigenvalue weighted by atomic mass is 16.5. The molecule has 0 saturated heterocycles. The van der Waals surface area contributed by atoms with Gasteiger partial charge in [-0.05, 0) is 67.8 Å². The number of ether oxygens (including phenoxy) is 1. The molecule has 3 aromatic carbocycles. The first-order chi connectivity index (χ1) is 13.0. The molecule has 4 rings (SSSR count). The fourth-order valence-electron chi connectivity index (χ4n) is 3.12. The predicted molar refractivity (Wildman–Crippen MR) is 108 cm³/mol. The zero-order valence-electron chi connectivity index (χ0n) is 15.5. The van der Waals surface area contributed by atoms with Crippen LogP contribution in [-0.4, -0.2) is 11.6 Å². The largest absolute Gasteiger partial charge is 0.457 e. The highest BCUT2D eigenvalue weighted by Gasteiger charge is 2.26. The van der Waals surface area contributed by atoms with Crippen molar-refractivity contribution in [3.63, 3.8) is 0 Å². The fraction of sp³-hybridized carbons (Fsp3) is 0.130. The molecule has 0 radical (unpaired) electrons. The number of amides is 1. The molecule has 1 N–H and O–H groups in total. The van der Waals surface area contributed by atoms with E-state index in [2.05, 4.69) is 23.3 Å². The second kappa shape index (κ2) is 6.72. The molecule has 4 heteroatoms. The minimum absolute atomic E-state index is 0.171. The van der Waals surface area contributed by atoms with E-state index in [9.17, 15) is 4.79 Å². The summed E-state index contributed by atoms with van der Waals surface area (Å²) in [6.07, 6.45) is 0. The van der Waals surface area contributed by atoms with Crippen molar-refractivity contribution in [2.75, 3.05) is 5.32 Å². The van der Waals surface area contributed by atoms with Crippen LogP contribution in [0.25, 0.3) is 0 Å². The number of fused-ring (bicyclic) bond motifs is 1. The average molecular weight is 356 g/mol. The summed E-state index contributed by atoms with van der Waals surface area (Å²) >= 11 is 0. The number of carbonyl (C=O) groups excluding carboxylic acids is 1. The van der Waals surface area contributed by atoms with E-state index >= 15 is 0 Å². The molecule has 0 fully saturated rings. The zero-order valence-corrected chi connectivity index (χ0v) is 15.5. The van der Waals surface area contributed by atoms with Crippen LogP contribution in [0.3, 0.4) is 0 Å². The van der Waals surface area contributed by atoms with Gasteiger partial charge < -0.3 is 10.1 Å². The van der Waals surface area contributed by atoms with Gasteiger partial charge in [0.25, 0.3) is 5.91 Å². The second-order valence-corrected chi connectivity index (χ2v) is 6.71. The lowest BCUT2D eigenvalue weighted by atomic mass is 10.1. The van der Waals surface area contributed by atoms with Crippen LogP contribution in [0.4, 0.5) is 11.4 Å². The Labute approximate surface area is 158 Å². The first kappa shape index (κ1) is 17.0. The lowest BCUT2D eigenvalue weighted by molar-refractivity contribution is -0.110. The third kappa shape index (κ3) is 3.22. The Morgan fingerprint density at radius 1 is 0.852 bits per heavy atom. The maximum absolute atomic E-state index is 12.3. The molecule has 27 heavy (non-hydrogen) atoms. The van der Waals surface area contributed by atoms with Crippen LogP contribution in [0, 0.1) is 20.8 Å². The number of hydrogen-bond acceptors (Lipinski definition) is 3. The summed E-state index contributed by atoms with van der Waals surface area (Å²) in [5, 5.41) is 2.90. The van der Waals surface area contributed by atoms with E-state index in [1.807, 2.05) is 68.4 Å². The van der Waals surface area contributed by atoms with Gasteiger partial charge in [-0.1, -0.05) is 30.3 Å². The first-order valence-corrected chi connectivity index (χ1v) is 8.87. The molecular formula is C23H20N2O2. The van der Waals surface area contributed by atoms with Crippen molar-refractivity contribution >= 4 is 23.0 Å². The molecule has 0 aromatic heterocycles. The number of hydrogen-bond donors (Lipinski definition) is 1. The quantitative estimate of drug-likeness (QED) is 0.676. The number of aryl methyl sites for hydroxylation is 2. The van der Waals surface area contributed by atoms with Crippen LogP contribution < -0.4 is 10.1 Å². The molecule has 4 nitrogen and oxygen atoms in total. The Hall–Kier alpha value is -3.40. The molecule has 1 aliphatic heterocycles. The summed E-state index contributed by atoms with van der Waals surface area (Å²) < 4.78 is 5.98. The summed E-state index contributed by atoms with van der Waals surface area (Å²) in [6, 6.07) is 19.3. The van der Waals surface area contributed by atoms with Crippen LogP contribution in [-0.2, 0) is 4.79 Å². The van der Waals surface area contributed by atoms with E-state index in [1.165, 1.54) is 5.56 Å². The Morgan fingerprint density at radius 2 is 1.56 bits per heavy atom. The normalized spacial score (nSPS) is 14.2. The van der Waals surface area contributed by atoms with Crippen molar-refractivity contribution < 1.29 is 9.53 Å². The number of carbonyl (C=O) groups is 1. The highest BCUT2D eigenvalue weighted by Crippen LogP contribution is 2.31. The fourth-order valence-corrected chi connectivity index (χ4v) is 3.12. The Morgan fingerprint density at radius 3 is 2.33 bits per heavy atom. The molecule has 0 atom stereocenters. The van der Waals surface area contributed by atoms with Gasteiger partial charge in [0.05, 0.1) is 11.4 Å². The molecule has 1 aliphatic rings. The van der Waals surface area contributed by atoms with Gasteiger partial charge in [-0.15, -0.1) is 0 Å². The number of nitrogens with zero attached hydrogens (tertiary/aromatic N) is 1. The number of aliphatic imine (C=N–C) groups is 1. The minimum Gasteiger partial charge on any atom is -0.457 e. The van der Waals surface area contributed by atoms with Gasteiger partial charge in [-0.25, -0.2) is 4.99 Å². The number of para-hydroxylation sites is 1. The number of anilines is 1. The first-order valence-electron chi connectivity index (χ1n) is 8.87. The van der Waals surface area contributed by atoms with Crippen molar-refractivity contribution in [1.29, 1.82) is 0 Å². The molecule has 3 aromatic rings. The van der Waals surface area contributed by atoms with Gasteiger partial charge in [0.1, 0.15) is 17.2 Å². The Kier molecular flexibility index (Phi) is 4.24. The van der Waals surface area contributed by atoms with Gasteiger partial charge in [-0.3, -0.25) is 4.79 Å². The van der Waals surface area contributed by atoms with Gasteiger partial charge in [0.15, 0.2) is 0 Å². The van der Waals surface area contributed by atoms with E-state index < -0.39 is 0 Å². The monoisotopic (exact) mass is 356 g/mol. The molecule has 0 bridgehead atoms. The van der Waals surface area contributed by atoms with Crippen LogP contribution in [0.5, 0.6) is 11.5 Å². The van der Waals surface area contributed by atoms with E-state index in [-0.39, 0.29) is 5.91 Å². The Bertz CT molecular complexity index is 1070. The van der Waals surface area contributed by atoms with E-state index in [4.69, 9.17) is 4.74 Å². The molecule has 0 aliphatic carbocycles. The smallest absolute Gasteiger partial charge is 0.275 e. The zero-order chi connectivity index (χ0) is 19.0. The van der Waals surface area contributed by atoms with Crippen LogP contribution >= 0.6 is 0 Å². The predicted octanol–water partition coefficient (Wildman–Crippen LogP) is 5.48. The lowest BCUT2D eigenvalue weighted by Gasteiger charge is -2.10. The number of nitrogens with one attached hydrogen (secondary N) is 1. The number of benzene rings is 3. The molecule has 1 amide bonds. The molecule has 134 valence electrons. The molecule has 0 spiro atoms. The molecule has 0 saturated carbocycles. The standard InChI is InChI=1S/C23H20N2O2/c1-14-6-5-9-20(16(14)3)27-18-12-10-17(11-13-18)24-22-19-8-4-7-15(2)21(19)25-23(22)26/h4-13H,1-3H3,(H,24,25,26). The van der Waals surface area contributed by atoms with Crippen LogP contribution in [0.1, 0.15) is 22.3 Å². The average Bonchev–Trinajstić information content (AvgIpc) is 2.98. The highest BCUT2D eigenvalue weighted by molar-refractivity contribution is 6.54. The lowest BCUT2D eigenvalue weighted by Crippen LogP contribution is -2.13. The summed E-state index contributed by atoms with van der Waals surface area (Å²) in [7, 11) is 0.